The molecule has 1 aliphatic rings. The van der Waals surface area contributed by atoms with Crippen LogP contribution in [-0.2, 0) is 4.79 Å². The molecule has 1 rings (SSSR count). The third-order valence-corrected chi connectivity index (χ3v) is 1.08. The van der Waals surface area contributed by atoms with E-state index in [-0.39, 0.29) is 25.0 Å². The number of hydrogen-bond acceptors (Lipinski definition) is 2. The lowest BCUT2D eigenvalue weighted by Crippen LogP contribution is -2.56. The summed E-state index contributed by atoms with van der Waals surface area (Å²) in [6, 6.07) is 0. The van der Waals surface area contributed by atoms with Crippen LogP contribution in [-0.4, -0.2) is 11.4 Å². The van der Waals surface area contributed by atoms with Crippen LogP contribution >= 0.6 is 0 Å². The zero-order chi connectivity index (χ0) is 5.49. The van der Waals surface area contributed by atoms with E-state index >= 15 is 0 Å². The normalized spacial score (nSPS) is 20.0. The Morgan fingerprint density at radius 1 is 1.56 bits per heavy atom. The molecule has 9 heavy (non-hydrogen) atoms. The molecule has 0 bridgehead atoms. The monoisotopic (exact) mass is 132 g/mol. The molecule has 3 nitrogen and oxygen atoms in total. The molecule has 1 heterocycles. The quantitative estimate of drug-likeness (QED) is 0.484. The zero-order valence-corrected chi connectivity index (χ0v) is 5.32. The van der Waals surface area contributed by atoms with Gasteiger partial charge >= 0.3 is 0 Å². The summed E-state index contributed by atoms with van der Waals surface area (Å²) in [5.41, 5.74) is 0.0943. The molecule has 0 aromatic heterocycles. The molecule has 3 heteroatoms. The number of hydrogen-bond donors (Lipinski definition) is 2. The molecule has 1 aliphatic heterocycles. The standard InChI is InChI=1S/C5H9NO.CH4.H3N/c1-5(2)3-4(7)6-5;;/h3H2,1-2H3,(H,6,7);1H4;1H3. The third-order valence-electron chi connectivity index (χ3n) is 1.08. The largest absolute Gasteiger partial charge is 0.351 e. The number of amides is 1. The molecule has 0 radical (unpaired) electrons. The molecule has 1 saturated heterocycles. The lowest BCUT2D eigenvalue weighted by atomic mass is 9.92. The second-order valence-corrected chi connectivity index (χ2v) is 2.61. The molecule has 0 spiro atoms. The predicted molar refractivity (Wildman–Crippen MR) is 38.6 cm³/mol. The highest BCUT2D eigenvalue weighted by molar-refractivity contribution is 5.84. The van der Waals surface area contributed by atoms with E-state index in [1.807, 2.05) is 13.8 Å². The zero-order valence-electron chi connectivity index (χ0n) is 5.32. The Bertz CT molecular complexity index is 99.6. The Balaban J connectivity index is 0. The minimum Gasteiger partial charge on any atom is -0.351 e. The lowest BCUT2D eigenvalue weighted by molar-refractivity contribution is -0.131. The fourth-order valence-corrected chi connectivity index (χ4v) is 0.761. The van der Waals surface area contributed by atoms with Crippen LogP contribution in [0.3, 0.4) is 0 Å². The van der Waals surface area contributed by atoms with Crippen molar-refractivity contribution in [1.29, 1.82) is 0 Å². The minimum absolute atomic E-state index is 0. The first-order valence-electron chi connectivity index (χ1n) is 2.41. The summed E-state index contributed by atoms with van der Waals surface area (Å²) < 4.78 is 0. The van der Waals surface area contributed by atoms with Gasteiger partial charge in [0, 0.05) is 12.0 Å². The van der Waals surface area contributed by atoms with E-state index in [0.717, 1.165) is 0 Å². The van der Waals surface area contributed by atoms with Crippen molar-refractivity contribution >= 4 is 5.91 Å². The van der Waals surface area contributed by atoms with Gasteiger partial charge in [0.1, 0.15) is 0 Å². The topological polar surface area (TPSA) is 64.1 Å². The van der Waals surface area contributed by atoms with Crippen LogP contribution in [0, 0.1) is 0 Å². The smallest absolute Gasteiger partial charge is 0.222 e. The van der Waals surface area contributed by atoms with Crippen molar-refractivity contribution in [2.24, 2.45) is 0 Å². The van der Waals surface area contributed by atoms with Crippen LogP contribution in [0.4, 0.5) is 0 Å². The summed E-state index contributed by atoms with van der Waals surface area (Å²) >= 11 is 0. The van der Waals surface area contributed by atoms with Gasteiger partial charge in [0.25, 0.3) is 0 Å². The van der Waals surface area contributed by atoms with E-state index in [1.54, 1.807) is 0 Å². The average molecular weight is 132 g/mol. The van der Waals surface area contributed by atoms with Gasteiger partial charge in [0.2, 0.25) is 5.91 Å². The average Bonchev–Trinajstić information content (AvgIpc) is 1.27. The molecule has 0 saturated carbocycles. The molecular weight excluding hydrogens is 116 g/mol. The number of nitrogens with one attached hydrogen (secondary N) is 1. The Morgan fingerprint density at radius 2 is 1.89 bits per heavy atom. The van der Waals surface area contributed by atoms with Gasteiger partial charge in [-0.15, -0.1) is 0 Å². The van der Waals surface area contributed by atoms with E-state index in [2.05, 4.69) is 5.32 Å². The minimum atomic E-state index is 0. The Morgan fingerprint density at radius 3 is 1.89 bits per heavy atom. The Labute approximate surface area is 56.4 Å². The molecule has 4 N–H and O–H groups in total. The number of carbonyl (C=O) groups excluding carboxylic acids is 1. The molecule has 0 aromatic rings. The van der Waals surface area contributed by atoms with Gasteiger partial charge in [-0.3, -0.25) is 4.79 Å². The molecule has 0 aliphatic carbocycles. The van der Waals surface area contributed by atoms with Gasteiger partial charge in [-0.25, -0.2) is 0 Å². The maximum absolute atomic E-state index is 10.2. The Kier molecular flexibility index (Phi) is 3.53. The summed E-state index contributed by atoms with van der Waals surface area (Å²) in [6.45, 7) is 4.02. The molecular formula is C6H16N2O. The van der Waals surface area contributed by atoms with Crippen LogP contribution in [0.15, 0.2) is 0 Å². The molecule has 0 aromatic carbocycles. The van der Waals surface area contributed by atoms with E-state index in [9.17, 15) is 4.79 Å². The second kappa shape index (κ2) is 2.82. The first-order valence-corrected chi connectivity index (χ1v) is 2.41. The van der Waals surface area contributed by atoms with Gasteiger partial charge in [0.05, 0.1) is 0 Å². The van der Waals surface area contributed by atoms with Crippen molar-refractivity contribution in [1.82, 2.24) is 11.5 Å². The van der Waals surface area contributed by atoms with Gasteiger partial charge in [-0.1, -0.05) is 7.43 Å². The number of rotatable bonds is 0. The van der Waals surface area contributed by atoms with Crippen molar-refractivity contribution in [2.45, 2.75) is 33.2 Å². The van der Waals surface area contributed by atoms with Crippen LogP contribution in [0.1, 0.15) is 27.7 Å². The summed E-state index contributed by atoms with van der Waals surface area (Å²) in [5.74, 6) is 0.171. The van der Waals surface area contributed by atoms with Crippen molar-refractivity contribution in [3.8, 4) is 0 Å². The molecule has 1 fully saturated rings. The van der Waals surface area contributed by atoms with E-state index in [4.69, 9.17) is 0 Å². The fraction of sp³-hybridized carbons (Fsp3) is 0.833. The maximum Gasteiger partial charge on any atom is 0.222 e. The third kappa shape index (κ3) is 2.46. The van der Waals surface area contributed by atoms with Crippen LogP contribution in [0.5, 0.6) is 0 Å². The van der Waals surface area contributed by atoms with Gasteiger partial charge < -0.3 is 11.5 Å². The summed E-state index contributed by atoms with van der Waals surface area (Å²) in [5, 5.41) is 2.74. The lowest BCUT2D eigenvalue weighted by Gasteiger charge is -2.34. The maximum atomic E-state index is 10.2. The first kappa shape index (κ1) is 11.3. The van der Waals surface area contributed by atoms with Gasteiger partial charge in [0.15, 0.2) is 0 Å². The van der Waals surface area contributed by atoms with Crippen molar-refractivity contribution in [3.05, 3.63) is 0 Å². The Hall–Kier alpha value is -0.570. The second-order valence-electron chi connectivity index (χ2n) is 2.61. The summed E-state index contributed by atoms with van der Waals surface area (Å²) in [7, 11) is 0. The number of β-lactam (4-membered cyclic amide) rings is 1. The predicted octanol–water partition coefficient (Wildman–Crippen LogP) is 1.08. The van der Waals surface area contributed by atoms with Crippen molar-refractivity contribution in [3.63, 3.8) is 0 Å². The van der Waals surface area contributed by atoms with E-state index in [1.165, 1.54) is 0 Å². The molecule has 56 valence electrons. The molecule has 1 amide bonds. The molecule has 0 unspecified atom stereocenters. The highest BCUT2D eigenvalue weighted by Crippen LogP contribution is 2.16. The SMILES string of the molecule is C.CC1(C)CC(=O)N1.N. The van der Waals surface area contributed by atoms with Crippen LogP contribution < -0.4 is 11.5 Å². The fourth-order valence-electron chi connectivity index (χ4n) is 0.761. The number of carbonyl (C=O) groups is 1. The highest BCUT2D eigenvalue weighted by atomic mass is 16.2. The van der Waals surface area contributed by atoms with Crippen LogP contribution in [0.25, 0.3) is 0 Å². The summed E-state index contributed by atoms with van der Waals surface area (Å²) in [6.07, 6.45) is 0.688. The van der Waals surface area contributed by atoms with Gasteiger partial charge in [-0.05, 0) is 13.8 Å². The van der Waals surface area contributed by atoms with E-state index < -0.39 is 0 Å². The van der Waals surface area contributed by atoms with Crippen LogP contribution in [0.2, 0.25) is 0 Å². The van der Waals surface area contributed by atoms with Crippen molar-refractivity contribution < 1.29 is 4.79 Å². The first-order chi connectivity index (χ1) is 3.10. The van der Waals surface area contributed by atoms with Crippen molar-refractivity contribution in [2.75, 3.05) is 0 Å². The molecule has 0 atom stereocenters. The highest BCUT2D eigenvalue weighted by Gasteiger charge is 2.32. The summed E-state index contributed by atoms with van der Waals surface area (Å²) in [4.78, 5) is 10.2. The van der Waals surface area contributed by atoms with Gasteiger partial charge in [-0.2, -0.15) is 0 Å². The van der Waals surface area contributed by atoms with E-state index in [0.29, 0.717) is 6.42 Å².